The first-order valence-corrected chi connectivity index (χ1v) is 17.0. The highest BCUT2D eigenvalue weighted by Crippen LogP contribution is 2.49. The minimum Gasteiger partial charge on any atom is -0.331 e. The van der Waals surface area contributed by atoms with Crippen molar-refractivity contribution in [3.8, 4) is 0 Å². The standard InChI is InChI=1S/C41H49N/c1-30-25-31-27-32(26-30)29-37(28-31)35-18-22-39(23-19-35)42(38-20-16-34(17-21-38)33-11-5-3-6-12-33)41(2)24-10-9-15-40(41)36-13-7-4-8-14-36/h4,7-10,13-23,30-33,37H,3,5-6,11-12,24-29H2,1-2H3. The van der Waals surface area contributed by atoms with Gasteiger partial charge >= 0.3 is 0 Å². The van der Waals surface area contributed by atoms with E-state index in [1.807, 2.05) is 0 Å². The molecule has 4 aliphatic rings. The highest BCUT2D eigenvalue weighted by molar-refractivity contribution is 5.83. The molecule has 3 unspecified atom stereocenters. The van der Waals surface area contributed by atoms with E-state index in [9.17, 15) is 0 Å². The van der Waals surface area contributed by atoms with Crippen LogP contribution in [0.4, 0.5) is 11.4 Å². The number of fused-ring (bicyclic) bond motifs is 2. The molecule has 0 aliphatic heterocycles. The van der Waals surface area contributed by atoms with Gasteiger partial charge in [0.05, 0.1) is 5.54 Å². The fraction of sp³-hybridized carbons (Fsp3) is 0.463. The lowest BCUT2D eigenvalue weighted by atomic mass is 9.64. The Kier molecular flexibility index (Phi) is 7.87. The zero-order valence-electron chi connectivity index (χ0n) is 25.8. The third-order valence-electron chi connectivity index (χ3n) is 11.3. The van der Waals surface area contributed by atoms with Gasteiger partial charge in [-0.05, 0) is 134 Å². The lowest BCUT2D eigenvalue weighted by Crippen LogP contribution is -2.45. The number of hydrogen-bond acceptors (Lipinski definition) is 1. The van der Waals surface area contributed by atoms with Gasteiger partial charge in [-0.3, -0.25) is 0 Å². The summed E-state index contributed by atoms with van der Waals surface area (Å²) in [5, 5.41) is 0. The minimum absolute atomic E-state index is 0.192. The molecule has 0 aromatic heterocycles. The Bertz CT molecular complexity index is 1370. The largest absolute Gasteiger partial charge is 0.331 e. The fourth-order valence-electron chi connectivity index (χ4n) is 9.39. The molecule has 3 saturated carbocycles. The van der Waals surface area contributed by atoms with Gasteiger partial charge in [-0.1, -0.05) is 99.0 Å². The van der Waals surface area contributed by atoms with E-state index in [1.165, 1.54) is 92.3 Å². The summed E-state index contributed by atoms with van der Waals surface area (Å²) in [4.78, 5) is 2.64. The third-order valence-corrected chi connectivity index (χ3v) is 11.3. The number of nitrogens with zero attached hydrogens (tertiary/aromatic N) is 1. The number of allylic oxidation sites excluding steroid dienone is 2. The topological polar surface area (TPSA) is 3.24 Å². The average molecular weight is 556 g/mol. The summed E-state index contributed by atoms with van der Waals surface area (Å²) in [5.74, 6) is 4.25. The molecule has 1 nitrogen and oxygen atoms in total. The Morgan fingerprint density at radius 1 is 0.643 bits per heavy atom. The van der Waals surface area contributed by atoms with Crippen LogP contribution in [0.15, 0.2) is 97.1 Å². The van der Waals surface area contributed by atoms with Gasteiger partial charge in [-0.15, -0.1) is 0 Å². The predicted octanol–water partition coefficient (Wildman–Crippen LogP) is 11.6. The Hall–Kier alpha value is -3.06. The van der Waals surface area contributed by atoms with Gasteiger partial charge in [0.15, 0.2) is 0 Å². The van der Waals surface area contributed by atoms with Crippen molar-refractivity contribution in [3.63, 3.8) is 0 Å². The second-order valence-corrected chi connectivity index (χ2v) is 14.4. The molecule has 0 spiro atoms. The van der Waals surface area contributed by atoms with Gasteiger partial charge in [0.1, 0.15) is 0 Å². The Labute approximate surface area is 254 Å². The second kappa shape index (κ2) is 11.9. The van der Waals surface area contributed by atoms with E-state index in [4.69, 9.17) is 0 Å². The summed E-state index contributed by atoms with van der Waals surface area (Å²) < 4.78 is 0. The van der Waals surface area contributed by atoms with Gasteiger partial charge in [0, 0.05) is 11.4 Å². The van der Waals surface area contributed by atoms with Crippen LogP contribution in [0.3, 0.4) is 0 Å². The monoisotopic (exact) mass is 555 g/mol. The summed E-state index contributed by atoms with van der Waals surface area (Å²) in [6.07, 6.45) is 21.9. The molecule has 7 rings (SSSR count). The van der Waals surface area contributed by atoms with E-state index in [0.29, 0.717) is 0 Å². The molecule has 3 fully saturated rings. The van der Waals surface area contributed by atoms with E-state index in [-0.39, 0.29) is 5.54 Å². The molecule has 2 bridgehead atoms. The zero-order valence-corrected chi connectivity index (χ0v) is 25.8. The molecule has 0 saturated heterocycles. The van der Waals surface area contributed by atoms with Crippen LogP contribution < -0.4 is 4.90 Å². The number of anilines is 2. The first kappa shape index (κ1) is 27.8. The number of hydrogen-bond donors (Lipinski definition) is 0. The lowest BCUT2D eigenvalue weighted by Gasteiger charge is -2.46. The van der Waals surface area contributed by atoms with Crippen molar-refractivity contribution in [1.82, 2.24) is 0 Å². The van der Waals surface area contributed by atoms with Gasteiger partial charge in [-0.25, -0.2) is 0 Å². The SMILES string of the molecule is CC1CC2CC(C1)CC(c1ccc(N(c3ccc(C4CCCCC4)cc3)C3(C)CC=CC=C3c3ccccc3)cc1)C2. The maximum Gasteiger partial charge on any atom is 0.0714 e. The summed E-state index contributed by atoms with van der Waals surface area (Å²) in [6, 6.07) is 30.5. The molecular weight excluding hydrogens is 506 g/mol. The molecule has 0 heterocycles. The smallest absolute Gasteiger partial charge is 0.0714 e. The second-order valence-electron chi connectivity index (χ2n) is 14.4. The van der Waals surface area contributed by atoms with Crippen molar-refractivity contribution < 1.29 is 0 Å². The summed E-state index contributed by atoms with van der Waals surface area (Å²) in [5.41, 5.74) is 8.19. The van der Waals surface area contributed by atoms with Crippen LogP contribution in [-0.4, -0.2) is 5.54 Å². The number of benzene rings is 3. The first-order valence-electron chi connectivity index (χ1n) is 17.0. The van der Waals surface area contributed by atoms with Crippen molar-refractivity contribution in [3.05, 3.63) is 114 Å². The molecule has 3 atom stereocenters. The van der Waals surface area contributed by atoms with Crippen molar-refractivity contribution in [2.45, 2.75) is 102 Å². The Morgan fingerprint density at radius 2 is 1.24 bits per heavy atom. The van der Waals surface area contributed by atoms with E-state index in [0.717, 1.165) is 36.0 Å². The van der Waals surface area contributed by atoms with Crippen molar-refractivity contribution >= 4 is 16.9 Å². The normalized spacial score (nSPS) is 29.6. The van der Waals surface area contributed by atoms with Crippen LogP contribution in [-0.2, 0) is 0 Å². The van der Waals surface area contributed by atoms with Crippen LogP contribution in [0.1, 0.15) is 113 Å². The quantitative estimate of drug-likeness (QED) is 0.292. The molecule has 218 valence electrons. The predicted molar refractivity (Wildman–Crippen MR) is 179 cm³/mol. The summed E-state index contributed by atoms with van der Waals surface area (Å²) in [7, 11) is 0. The van der Waals surface area contributed by atoms with Crippen molar-refractivity contribution in [2.75, 3.05) is 4.90 Å². The van der Waals surface area contributed by atoms with E-state index in [2.05, 4.69) is 116 Å². The van der Waals surface area contributed by atoms with Gasteiger partial charge < -0.3 is 4.90 Å². The zero-order chi connectivity index (χ0) is 28.5. The van der Waals surface area contributed by atoms with Gasteiger partial charge in [0.2, 0.25) is 0 Å². The molecule has 1 heteroatoms. The Morgan fingerprint density at radius 3 is 1.86 bits per heavy atom. The Balaban J connectivity index is 1.24. The number of rotatable bonds is 6. The fourth-order valence-corrected chi connectivity index (χ4v) is 9.39. The highest BCUT2D eigenvalue weighted by Gasteiger charge is 2.39. The van der Waals surface area contributed by atoms with Crippen molar-refractivity contribution in [1.29, 1.82) is 0 Å². The summed E-state index contributed by atoms with van der Waals surface area (Å²) >= 11 is 0. The molecule has 42 heavy (non-hydrogen) atoms. The van der Waals surface area contributed by atoms with Crippen LogP contribution >= 0.6 is 0 Å². The third kappa shape index (κ3) is 5.52. The molecule has 0 amide bonds. The molecule has 0 radical (unpaired) electrons. The minimum atomic E-state index is -0.192. The van der Waals surface area contributed by atoms with E-state index < -0.39 is 0 Å². The molecule has 4 aliphatic carbocycles. The molecular formula is C41H49N. The van der Waals surface area contributed by atoms with E-state index >= 15 is 0 Å². The van der Waals surface area contributed by atoms with Gasteiger partial charge in [0.25, 0.3) is 0 Å². The van der Waals surface area contributed by atoms with Crippen LogP contribution in [0.25, 0.3) is 5.57 Å². The van der Waals surface area contributed by atoms with E-state index in [1.54, 1.807) is 5.56 Å². The maximum absolute atomic E-state index is 2.64. The molecule has 3 aromatic rings. The molecule has 0 N–H and O–H groups in total. The molecule has 3 aromatic carbocycles. The van der Waals surface area contributed by atoms with Crippen molar-refractivity contribution in [2.24, 2.45) is 17.8 Å². The summed E-state index contributed by atoms with van der Waals surface area (Å²) in [6.45, 7) is 4.92. The van der Waals surface area contributed by atoms with Crippen LogP contribution in [0.2, 0.25) is 0 Å². The first-order chi connectivity index (χ1) is 20.6. The van der Waals surface area contributed by atoms with Crippen LogP contribution in [0.5, 0.6) is 0 Å². The van der Waals surface area contributed by atoms with Gasteiger partial charge in [-0.2, -0.15) is 0 Å². The maximum atomic E-state index is 2.64. The van der Waals surface area contributed by atoms with Crippen LogP contribution in [0, 0.1) is 17.8 Å². The lowest BCUT2D eigenvalue weighted by molar-refractivity contribution is 0.130. The highest BCUT2D eigenvalue weighted by atomic mass is 15.2. The average Bonchev–Trinajstić information content (AvgIpc) is 3.02.